The number of piperazine rings is 1. The molecule has 1 fully saturated rings. The van der Waals surface area contributed by atoms with E-state index in [1.165, 1.54) is 25.9 Å². The largest absolute Gasteiger partial charge is 0.493 e. The Balaban J connectivity index is 1.73. The molecular weight excluding hydrogens is 500 g/mol. The minimum Gasteiger partial charge on any atom is -0.493 e. The van der Waals surface area contributed by atoms with Crippen LogP contribution in [-0.2, 0) is 21.2 Å². The summed E-state index contributed by atoms with van der Waals surface area (Å²) in [5, 5.41) is 4.62. The molecule has 2 aromatic heterocycles. The Morgan fingerprint density at radius 1 is 1.11 bits per heavy atom. The zero-order valence-electron chi connectivity index (χ0n) is 21.5. The molecule has 1 amide bonds. The average Bonchev–Trinajstić information content (AvgIpc) is 3.20. The molecule has 0 aliphatic carbocycles. The van der Waals surface area contributed by atoms with Crippen molar-refractivity contribution in [2.45, 2.75) is 45.4 Å². The number of carbonyl (C=O) groups excluding carboxylic acids is 1. The highest BCUT2D eigenvalue weighted by atomic mass is 32.2. The number of hydrogen-bond acceptors (Lipinski definition) is 8. The highest BCUT2D eigenvalue weighted by molar-refractivity contribution is 7.89. The normalized spacial score (nSPS) is 14.8. The Morgan fingerprint density at radius 3 is 2.49 bits per heavy atom. The second kappa shape index (κ2) is 10.9. The molecule has 0 saturated carbocycles. The van der Waals surface area contributed by atoms with E-state index in [-0.39, 0.29) is 49.1 Å². The summed E-state index contributed by atoms with van der Waals surface area (Å²) in [6, 6.07) is 4.50. The molecule has 1 N–H and O–H groups in total. The molecule has 3 aromatic rings. The lowest BCUT2D eigenvalue weighted by Gasteiger charge is -2.33. The molecule has 37 heavy (non-hydrogen) atoms. The number of sulfonamides is 1. The molecule has 0 radical (unpaired) electrons. The molecule has 0 unspecified atom stereocenters. The van der Waals surface area contributed by atoms with Crippen LogP contribution in [0.3, 0.4) is 0 Å². The summed E-state index contributed by atoms with van der Waals surface area (Å²) in [4.78, 5) is 33.8. The van der Waals surface area contributed by atoms with Crippen molar-refractivity contribution in [3.05, 3.63) is 40.1 Å². The number of rotatable bonds is 8. The fraction of sp³-hybridized carbons (Fsp3) is 0.500. The van der Waals surface area contributed by atoms with Crippen molar-refractivity contribution >= 4 is 21.6 Å². The van der Waals surface area contributed by atoms with E-state index in [2.05, 4.69) is 15.1 Å². The molecule has 13 heteroatoms. The van der Waals surface area contributed by atoms with E-state index in [4.69, 9.17) is 9.47 Å². The van der Waals surface area contributed by atoms with E-state index in [1.807, 2.05) is 13.8 Å². The number of nitrogens with one attached hydrogen (secondary N) is 1. The van der Waals surface area contributed by atoms with Crippen molar-refractivity contribution in [3.63, 3.8) is 0 Å². The Hall–Kier alpha value is -3.45. The van der Waals surface area contributed by atoms with Gasteiger partial charge in [-0.25, -0.2) is 22.7 Å². The zero-order chi connectivity index (χ0) is 26.7. The number of H-pyrrole nitrogens is 1. The van der Waals surface area contributed by atoms with Crippen LogP contribution >= 0.6 is 0 Å². The second-order valence-corrected chi connectivity index (χ2v) is 10.5. The quantitative estimate of drug-likeness (QED) is 0.466. The summed E-state index contributed by atoms with van der Waals surface area (Å²) < 4.78 is 40.6. The van der Waals surface area contributed by atoms with Gasteiger partial charge in [-0.15, -0.1) is 5.10 Å². The first kappa shape index (κ1) is 26.6. The maximum Gasteiger partial charge on any atom is 0.409 e. The summed E-state index contributed by atoms with van der Waals surface area (Å²) in [7, 11) is -3.89. The molecule has 1 saturated heterocycles. The number of ether oxygens (including phenoxy) is 2. The Kier molecular flexibility index (Phi) is 7.83. The van der Waals surface area contributed by atoms with Crippen molar-refractivity contribution in [1.29, 1.82) is 0 Å². The highest BCUT2D eigenvalue weighted by Crippen LogP contribution is 2.31. The number of fused-ring (bicyclic) bond motifs is 1. The highest BCUT2D eigenvalue weighted by Gasteiger charge is 2.31. The van der Waals surface area contributed by atoms with Gasteiger partial charge in [-0.3, -0.25) is 4.79 Å². The maximum atomic E-state index is 13.5. The van der Waals surface area contributed by atoms with Crippen LogP contribution in [-0.4, -0.2) is 82.7 Å². The molecule has 0 bridgehead atoms. The number of carbonyl (C=O) groups is 1. The summed E-state index contributed by atoms with van der Waals surface area (Å²) in [5.41, 5.74) is 0.907. The van der Waals surface area contributed by atoms with Gasteiger partial charge >= 0.3 is 6.09 Å². The monoisotopic (exact) mass is 532 g/mol. The third-order valence-electron chi connectivity index (χ3n) is 6.12. The van der Waals surface area contributed by atoms with Crippen LogP contribution in [0.15, 0.2) is 27.9 Å². The molecule has 3 heterocycles. The number of aryl methyl sites for hydroxylation is 2. The number of benzene rings is 1. The molecule has 0 spiro atoms. The second-order valence-electron chi connectivity index (χ2n) is 8.61. The standard InChI is InChI=1S/C24H32N6O6S/c1-5-8-20-25-16(4)21-23(31)26-22(27-30(20)21)18-15-17(9-10-19(18)35-6-2)37(33,34)29-13-11-28(12-14-29)24(32)36-7-3/h9-10,15H,5-8,11-14H2,1-4H3,(H,26,27,31). The Bertz CT molecular complexity index is 1460. The fourth-order valence-electron chi connectivity index (χ4n) is 4.35. The van der Waals surface area contributed by atoms with Gasteiger partial charge in [0.15, 0.2) is 11.3 Å². The minimum atomic E-state index is -3.89. The lowest BCUT2D eigenvalue weighted by atomic mass is 10.2. The summed E-state index contributed by atoms with van der Waals surface area (Å²) >= 11 is 0. The predicted molar refractivity (Wildman–Crippen MR) is 136 cm³/mol. The van der Waals surface area contributed by atoms with Crippen LogP contribution in [0.1, 0.15) is 38.7 Å². The van der Waals surface area contributed by atoms with Crippen molar-refractivity contribution in [2.24, 2.45) is 0 Å². The molecule has 1 aromatic carbocycles. The van der Waals surface area contributed by atoms with E-state index >= 15 is 0 Å². The molecule has 0 atom stereocenters. The first-order valence-electron chi connectivity index (χ1n) is 12.4. The lowest BCUT2D eigenvalue weighted by molar-refractivity contribution is 0.0934. The predicted octanol–water partition coefficient (Wildman–Crippen LogP) is 2.21. The topological polar surface area (TPSA) is 139 Å². The van der Waals surface area contributed by atoms with E-state index < -0.39 is 16.1 Å². The van der Waals surface area contributed by atoms with E-state index in [0.29, 0.717) is 41.4 Å². The van der Waals surface area contributed by atoms with E-state index in [0.717, 1.165) is 6.42 Å². The summed E-state index contributed by atoms with van der Waals surface area (Å²) in [6.07, 6.45) is 1.00. The van der Waals surface area contributed by atoms with Gasteiger partial charge in [0.05, 0.1) is 29.4 Å². The number of hydrogen-bond donors (Lipinski definition) is 1. The van der Waals surface area contributed by atoms with Gasteiger partial charge in [-0.1, -0.05) is 6.92 Å². The van der Waals surface area contributed by atoms with Crippen molar-refractivity contribution in [3.8, 4) is 17.1 Å². The third kappa shape index (κ3) is 5.18. The number of aromatic nitrogens is 4. The molecule has 12 nitrogen and oxygen atoms in total. The summed E-state index contributed by atoms with van der Waals surface area (Å²) in [5.74, 6) is 1.23. The smallest absolute Gasteiger partial charge is 0.409 e. The van der Waals surface area contributed by atoms with Gasteiger partial charge < -0.3 is 19.4 Å². The molecule has 1 aliphatic rings. The van der Waals surface area contributed by atoms with Crippen LogP contribution in [0, 0.1) is 6.92 Å². The van der Waals surface area contributed by atoms with Crippen molar-refractivity contribution in [2.75, 3.05) is 39.4 Å². The SMILES string of the molecule is CCCc1nc(C)c2c(=O)[nH]c(-c3cc(S(=O)(=O)N4CCN(C(=O)OCC)CC4)ccc3OCC)nn12. The van der Waals surface area contributed by atoms with Gasteiger partial charge in [-0.05, 0) is 45.4 Å². The first-order chi connectivity index (χ1) is 17.7. The van der Waals surface area contributed by atoms with E-state index in [1.54, 1.807) is 19.9 Å². The minimum absolute atomic E-state index is 0.0360. The molecule has 1 aliphatic heterocycles. The number of nitrogens with zero attached hydrogens (tertiary/aromatic N) is 5. The van der Waals surface area contributed by atoms with Crippen LogP contribution < -0.4 is 10.3 Å². The molecule has 200 valence electrons. The maximum absolute atomic E-state index is 13.5. The van der Waals surface area contributed by atoms with Crippen LogP contribution in [0.2, 0.25) is 0 Å². The van der Waals surface area contributed by atoms with Gasteiger partial charge in [0.1, 0.15) is 11.6 Å². The van der Waals surface area contributed by atoms with Crippen LogP contribution in [0.4, 0.5) is 4.79 Å². The third-order valence-corrected chi connectivity index (χ3v) is 8.02. The van der Waals surface area contributed by atoms with Gasteiger partial charge in [-0.2, -0.15) is 4.31 Å². The average molecular weight is 533 g/mol. The lowest BCUT2D eigenvalue weighted by Crippen LogP contribution is -2.50. The van der Waals surface area contributed by atoms with Crippen LogP contribution in [0.5, 0.6) is 5.75 Å². The van der Waals surface area contributed by atoms with E-state index in [9.17, 15) is 18.0 Å². The number of aromatic amines is 1. The van der Waals surface area contributed by atoms with Crippen LogP contribution in [0.25, 0.3) is 16.9 Å². The van der Waals surface area contributed by atoms with Gasteiger partial charge in [0.25, 0.3) is 5.56 Å². The van der Waals surface area contributed by atoms with Gasteiger partial charge in [0.2, 0.25) is 10.0 Å². The fourth-order valence-corrected chi connectivity index (χ4v) is 5.80. The van der Waals surface area contributed by atoms with Crippen molar-refractivity contribution < 1.29 is 22.7 Å². The molecule has 4 rings (SSSR count). The van der Waals surface area contributed by atoms with Gasteiger partial charge in [0, 0.05) is 32.6 Å². The molecular formula is C24H32N6O6S. The number of imidazole rings is 1. The Labute approximate surface area is 215 Å². The van der Waals surface area contributed by atoms with Crippen molar-refractivity contribution in [1.82, 2.24) is 28.8 Å². The first-order valence-corrected chi connectivity index (χ1v) is 13.8. The Morgan fingerprint density at radius 2 is 1.84 bits per heavy atom. The summed E-state index contributed by atoms with van der Waals surface area (Å²) in [6.45, 7) is 8.64. The zero-order valence-corrected chi connectivity index (χ0v) is 22.3. The number of amides is 1.